The summed E-state index contributed by atoms with van der Waals surface area (Å²) in [5.74, 6) is -1.50. The van der Waals surface area contributed by atoms with Gasteiger partial charge in [0.1, 0.15) is 29.7 Å². The van der Waals surface area contributed by atoms with Gasteiger partial charge in [-0.15, -0.1) is 10.2 Å². The molecule has 2 N–H and O–H groups in total. The normalized spacial score (nSPS) is 11.4. The number of sulfonamides is 1. The molecule has 0 fully saturated rings. The summed E-state index contributed by atoms with van der Waals surface area (Å²) in [4.78, 5) is 14.7. The van der Waals surface area contributed by atoms with Gasteiger partial charge in [0.15, 0.2) is 16.5 Å². The van der Waals surface area contributed by atoms with Crippen molar-refractivity contribution >= 4 is 21.2 Å². The third kappa shape index (κ3) is 4.19. The molecule has 0 unspecified atom stereocenters. The molecule has 0 spiro atoms. The Morgan fingerprint density at radius 1 is 1.16 bits per heavy atom. The van der Waals surface area contributed by atoms with Crippen molar-refractivity contribution in [2.45, 2.75) is 11.8 Å². The number of hydrogen-bond donors (Lipinski definition) is 2. The fraction of sp³-hybridized carbons (Fsp3) is 0.0909. The van der Waals surface area contributed by atoms with Gasteiger partial charge in [0, 0.05) is 12.4 Å². The molecule has 0 aliphatic rings. The number of halogens is 2. The van der Waals surface area contributed by atoms with Crippen LogP contribution in [0.15, 0.2) is 48.0 Å². The number of ether oxygens (including phenoxy) is 1. The maximum atomic E-state index is 15.5. The van der Waals surface area contributed by atoms with Gasteiger partial charge in [0.2, 0.25) is 5.88 Å². The Morgan fingerprint density at radius 2 is 1.97 bits per heavy atom. The van der Waals surface area contributed by atoms with Crippen LogP contribution >= 0.6 is 0 Å². The van der Waals surface area contributed by atoms with Crippen molar-refractivity contribution in [3.63, 3.8) is 0 Å². The van der Waals surface area contributed by atoms with Crippen LogP contribution in [0.1, 0.15) is 11.4 Å². The lowest BCUT2D eigenvalue weighted by Crippen LogP contribution is -2.16. The molecule has 0 amide bonds. The summed E-state index contributed by atoms with van der Waals surface area (Å²) in [5, 5.41) is 17.0. The van der Waals surface area contributed by atoms with E-state index < -0.39 is 37.8 Å². The fourth-order valence-electron chi connectivity index (χ4n) is 3.57. The van der Waals surface area contributed by atoms with Gasteiger partial charge in [0.25, 0.3) is 10.0 Å². The summed E-state index contributed by atoms with van der Waals surface area (Å²) in [6.45, 7) is 1.73. The van der Waals surface area contributed by atoms with Gasteiger partial charge >= 0.3 is 0 Å². The van der Waals surface area contributed by atoms with E-state index in [4.69, 9.17) is 10.00 Å². The van der Waals surface area contributed by atoms with E-state index >= 15 is 4.39 Å². The van der Waals surface area contributed by atoms with E-state index in [0.717, 1.165) is 24.4 Å². The highest BCUT2D eigenvalue weighted by atomic mass is 32.2. The van der Waals surface area contributed by atoms with E-state index in [2.05, 4.69) is 34.9 Å². The average Bonchev–Trinajstić information content (AvgIpc) is 3.51. The molecule has 0 bridgehead atoms. The van der Waals surface area contributed by atoms with Gasteiger partial charge in [-0.05, 0) is 25.1 Å². The van der Waals surface area contributed by atoms with Crippen LogP contribution in [0.2, 0.25) is 0 Å². The van der Waals surface area contributed by atoms with E-state index in [1.54, 1.807) is 13.0 Å². The number of nitrogens with zero attached hydrogens (tertiary/aromatic N) is 7. The minimum Gasteiger partial charge on any atom is -0.480 e. The molecule has 0 saturated carbocycles. The summed E-state index contributed by atoms with van der Waals surface area (Å²) in [5.41, 5.74) is -0.361. The number of H-pyrrole nitrogens is 1. The van der Waals surface area contributed by atoms with Crippen LogP contribution in [0.5, 0.6) is 5.88 Å². The van der Waals surface area contributed by atoms with Crippen LogP contribution in [0.25, 0.3) is 28.3 Å². The second-order valence-electron chi connectivity index (χ2n) is 7.65. The molecule has 15 heteroatoms. The highest BCUT2D eigenvalue weighted by Gasteiger charge is 2.26. The Labute approximate surface area is 207 Å². The van der Waals surface area contributed by atoms with Crippen molar-refractivity contribution in [2.75, 3.05) is 11.8 Å². The van der Waals surface area contributed by atoms with Crippen molar-refractivity contribution in [3.8, 4) is 34.7 Å². The number of nitriles is 1. The number of fused-ring (bicyclic) bond motifs is 1. The first kappa shape index (κ1) is 23.8. The number of rotatable bonds is 6. The summed E-state index contributed by atoms with van der Waals surface area (Å²) in [6.07, 6.45) is 5.24. The number of imidazole rings is 1. The zero-order valence-corrected chi connectivity index (χ0v) is 19.9. The first-order chi connectivity index (χ1) is 17.7. The molecule has 5 rings (SSSR count). The Hall–Kier alpha value is -4.97. The largest absolute Gasteiger partial charge is 0.480 e. The third-order valence-corrected chi connectivity index (χ3v) is 6.62. The Morgan fingerprint density at radius 3 is 2.68 bits per heavy atom. The zero-order valence-electron chi connectivity index (χ0n) is 19.1. The fourth-order valence-corrected chi connectivity index (χ4v) is 4.77. The number of anilines is 1. The number of nitrogens with one attached hydrogen (secondary N) is 2. The summed E-state index contributed by atoms with van der Waals surface area (Å²) < 4.78 is 64.8. The molecule has 37 heavy (non-hydrogen) atoms. The van der Waals surface area contributed by atoms with Crippen LogP contribution < -0.4 is 9.46 Å². The van der Waals surface area contributed by atoms with Crippen molar-refractivity contribution in [2.24, 2.45) is 0 Å². The predicted octanol–water partition coefficient (Wildman–Crippen LogP) is 2.84. The number of aromatic amines is 1. The number of methoxy groups -OCH3 is 1. The van der Waals surface area contributed by atoms with E-state index in [1.165, 1.54) is 30.2 Å². The molecule has 0 saturated heterocycles. The summed E-state index contributed by atoms with van der Waals surface area (Å²) in [7, 11) is -3.29. The van der Waals surface area contributed by atoms with Crippen molar-refractivity contribution in [3.05, 3.63) is 66.1 Å². The molecule has 1 aromatic carbocycles. The van der Waals surface area contributed by atoms with Gasteiger partial charge in [-0.25, -0.2) is 27.2 Å². The lowest BCUT2D eigenvalue weighted by molar-refractivity contribution is 0.385. The molecule has 5 aromatic rings. The topological polar surface area (TPSA) is 164 Å². The van der Waals surface area contributed by atoms with Crippen LogP contribution in [0, 0.1) is 29.9 Å². The molecule has 0 aliphatic carbocycles. The zero-order chi connectivity index (χ0) is 26.3. The highest BCUT2D eigenvalue weighted by molar-refractivity contribution is 7.92. The molecule has 4 aromatic heterocycles. The van der Waals surface area contributed by atoms with Gasteiger partial charge in [-0.3, -0.25) is 9.71 Å². The second-order valence-corrected chi connectivity index (χ2v) is 9.30. The summed E-state index contributed by atoms with van der Waals surface area (Å²) >= 11 is 0. The minimum atomic E-state index is -4.49. The molecule has 4 heterocycles. The molecular weight excluding hydrogens is 508 g/mol. The second kappa shape index (κ2) is 8.91. The number of hydrogen-bond acceptors (Lipinski definition) is 9. The lowest BCUT2D eigenvalue weighted by atomic mass is 10.1. The minimum absolute atomic E-state index is 0.0564. The molecular formula is C22H15F2N9O3S. The highest BCUT2D eigenvalue weighted by Crippen LogP contribution is 2.32. The van der Waals surface area contributed by atoms with Crippen molar-refractivity contribution in [1.29, 1.82) is 5.26 Å². The standard InChI is InChI=1S/C22H15F2N9O3S/c1-11-29-21(31-30-11)20-16-8-26-15(9-33(16)10-28-20)18-13(23)3-4-14(19(18)24)32-37(34,35)17-5-12(6-25)7-27-22(17)36-2/h3-5,7-10,32H,1-2H3,(H,29,30,31). The van der Waals surface area contributed by atoms with Gasteiger partial charge in [-0.2, -0.15) is 5.26 Å². The van der Waals surface area contributed by atoms with Gasteiger partial charge in [0.05, 0.1) is 41.3 Å². The van der Waals surface area contributed by atoms with Crippen LogP contribution in [-0.2, 0) is 10.0 Å². The molecule has 0 radical (unpaired) electrons. The molecule has 186 valence electrons. The lowest BCUT2D eigenvalue weighted by Gasteiger charge is -2.14. The summed E-state index contributed by atoms with van der Waals surface area (Å²) in [6, 6.07) is 4.63. The monoisotopic (exact) mass is 523 g/mol. The number of pyridine rings is 1. The average molecular weight is 523 g/mol. The number of aryl methyl sites for hydroxylation is 1. The van der Waals surface area contributed by atoms with E-state index in [1.807, 2.05) is 0 Å². The predicted molar refractivity (Wildman–Crippen MR) is 125 cm³/mol. The van der Waals surface area contributed by atoms with E-state index in [-0.39, 0.29) is 17.1 Å². The smallest absolute Gasteiger partial charge is 0.267 e. The maximum absolute atomic E-state index is 15.5. The number of benzene rings is 1. The maximum Gasteiger partial charge on any atom is 0.267 e. The van der Waals surface area contributed by atoms with Crippen LogP contribution in [-0.4, -0.2) is 50.1 Å². The van der Waals surface area contributed by atoms with Gasteiger partial charge < -0.3 is 14.1 Å². The molecule has 0 aliphatic heterocycles. The van der Waals surface area contributed by atoms with Crippen LogP contribution in [0.3, 0.4) is 0 Å². The van der Waals surface area contributed by atoms with Crippen molar-refractivity contribution in [1.82, 2.24) is 34.5 Å². The van der Waals surface area contributed by atoms with Crippen molar-refractivity contribution < 1.29 is 21.9 Å². The quantitative estimate of drug-likeness (QED) is 0.340. The number of aromatic nitrogens is 7. The Kier molecular flexibility index (Phi) is 5.72. The molecule has 0 atom stereocenters. The first-order valence-corrected chi connectivity index (χ1v) is 11.9. The van der Waals surface area contributed by atoms with Gasteiger partial charge in [-0.1, -0.05) is 0 Å². The van der Waals surface area contributed by atoms with E-state index in [0.29, 0.717) is 22.9 Å². The van der Waals surface area contributed by atoms with Crippen LogP contribution in [0.4, 0.5) is 14.5 Å². The third-order valence-electron chi connectivity index (χ3n) is 5.26. The Balaban J connectivity index is 1.55. The molecule has 12 nitrogen and oxygen atoms in total. The van der Waals surface area contributed by atoms with E-state index in [9.17, 15) is 12.8 Å². The SMILES string of the molecule is COc1ncc(C#N)cc1S(=O)(=O)Nc1ccc(F)c(-c2cn3cnc(-c4nnc(C)[nH]4)c3cn2)c1F. The Bertz CT molecular complexity index is 1830. The first-order valence-electron chi connectivity index (χ1n) is 10.4.